The van der Waals surface area contributed by atoms with E-state index in [1.165, 1.54) is 35.0 Å². The molecule has 2 N–H and O–H groups in total. The van der Waals surface area contributed by atoms with Gasteiger partial charge in [0.05, 0.1) is 41.4 Å². The van der Waals surface area contributed by atoms with Gasteiger partial charge in [-0.25, -0.2) is 31.6 Å². The molecule has 4 rings (SSSR count). The van der Waals surface area contributed by atoms with Crippen molar-refractivity contribution < 1.29 is 27.1 Å². The van der Waals surface area contributed by atoms with E-state index in [9.17, 15) is 27.1 Å². The fourth-order valence-corrected chi connectivity index (χ4v) is 4.43. The summed E-state index contributed by atoms with van der Waals surface area (Å²) in [4.78, 5) is 18.8. The van der Waals surface area contributed by atoms with Gasteiger partial charge in [0.1, 0.15) is 17.7 Å². The van der Waals surface area contributed by atoms with Gasteiger partial charge in [-0.15, -0.1) is 0 Å². The highest BCUT2D eigenvalue weighted by Gasteiger charge is 2.31. The van der Waals surface area contributed by atoms with E-state index in [2.05, 4.69) is 10.1 Å². The van der Waals surface area contributed by atoms with E-state index in [1.54, 1.807) is 4.90 Å². The number of aromatic nitrogens is 3. The summed E-state index contributed by atoms with van der Waals surface area (Å²) in [5.41, 5.74) is 1.60. The third-order valence-electron chi connectivity index (χ3n) is 5.62. The van der Waals surface area contributed by atoms with Crippen molar-refractivity contribution in [2.75, 3.05) is 24.2 Å². The molecule has 1 aromatic carbocycles. The number of fused-ring (bicyclic) bond motifs is 1. The highest BCUT2D eigenvalue weighted by Crippen LogP contribution is 2.36. The number of aliphatic hydroxyl groups excluding tert-OH is 1. The number of aliphatic hydroxyl groups is 1. The minimum absolute atomic E-state index is 0.0861. The number of anilines is 1. The van der Waals surface area contributed by atoms with Crippen molar-refractivity contribution in [2.24, 2.45) is 0 Å². The molecule has 2 atom stereocenters. The van der Waals surface area contributed by atoms with Crippen LogP contribution in [0.15, 0.2) is 30.3 Å². The standard InChI is InChI=1S/C22H25F2N5O4S/c1-12(2)20-19-17(28-9-8-18(30)15(24)11-28)10-16(22(31)27-34(3,32)33)25-21(19)29(26-20)14-6-4-13(23)5-7-14/h4-7,10,12,15,18,30H,8-9,11H2,1-3H3,(H,27,31)/t15-,18-/m1/s1. The zero-order valence-corrected chi connectivity index (χ0v) is 19.7. The molecule has 0 spiro atoms. The normalized spacial score (nSPS) is 19.1. The lowest BCUT2D eigenvalue weighted by Crippen LogP contribution is -2.44. The van der Waals surface area contributed by atoms with Crippen LogP contribution in [0.3, 0.4) is 0 Å². The highest BCUT2D eigenvalue weighted by atomic mass is 32.2. The van der Waals surface area contributed by atoms with E-state index < -0.39 is 34.0 Å². The largest absolute Gasteiger partial charge is 0.390 e. The maximum Gasteiger partial charge on any atom is 0.283 e. The average Bonchev–Trinajstić information content (AvgIpc) is 3.14. The minimum Gasteiger partial charge on any atom is -0.390 e. The van der Waals surface area contributed by atoms with Gasteiger partial charge in [0.2, 0.25) is 10.0 Å². The SMILES string of the molecule is CC(C)c1nn(-c2ccc(F)cc2)c2nc(C(=O)NS(C)(=O)=O)cc(N3CC[C@@H](O)[C@H](F)C3)c12. The van der Waals surface area contributed by atoms with Crippen molar-refractivity contribution >= 4 is 32.7 Å². The van der Waals surface area contributed by atoms with Crippen LogP contribution in [-0.2, 0) is 10.0 Å². The molecule has 182 valence electrons. The fraction of sp³-hybridized carbons (Fsp3) is 0.409. The first-order valence-electron chi connectivity index (χ1n) is 10.7. The van der Waals surface area contributed by atoms with Crippen LogP contribution in [0, 0.1) is 5.82 Å². The number of piperidine rings is 1. The van der Waals surface area contributed by atoms with Crippen molar-refractivity contribution in [3.8, 4) is 5.69 Å². The first-order valence-corrected chi connectivity index (χ1v) is 12.6. The maximum atomic E-state index is 14.4. The Balaban J connectivity index is 1.99. The molecule has 12 heteroatoms. The number of carbonyl (C=O) groups is 1. The summed E-state index contributed by atoms with van der Waals surface area (Å²) in [5, 5.41) is 15.1. The number of pyridine rings is 1. The molecule has 0 bridgehead atoms. The second kappa shape index (κ2) is 8.91. The van der Waals surface area contributed by atoms with Gasteiger partial charge in [0, 0.05) is 6.54 Å². The lowest BCUT2D eigenvalue weighted by atomic mass is 10.0. The van der Waals surface area contributed by atoms with Crippen molar-refractivity contribution in [3.63, 3.8) is 0 Å². The molecule has 2 aromatic heterocycles. The van der Waals surface area contributed by atoms with E-state index in [0.717, 1.165) is 6.26 Å². The number of hydrogen-bond acceptors (Lipinski definition) is 7. The molecule has 1 aliphatic heterocycles. The molecule has 3 aromatic rings. The molecule has 1 saturated heterocycles. The maximum absolute atomic E-state index is 14.4. The summed E-state index contributed by atoms with van der Waals surface area (Å²) in [6, 6.07) is 6.95. The predicted molar refractivity (Wildman–Crippen MR) is 123 cm³/mol. The summed E-state index contributed by atoms with van der Waals surface area (Å²) >= 11 is 0. The van der Waals surface area contributed by atoms with Crippen LogP contribution >= 0.6 is 0 Å². The van der Waals surface area contributed by atoms with Crippen LogP contribution < -0.4 is 9.62 Å². The minimum atomic E-state index is -3.86. The smallest absolute Gasteiger partial charge is 0.283 e. The number of benzene rings is 1. The Kier molecular flexibility index (Phi) is 6.30. The number of halogens is 2. The van der Waals surface area contributed by atoms with E-state index >= 15 is 0 Å². The van der Waals surface area contributed by atoms with Gasteiger partial charge in [0.15, 0.2) is 5.65 Å². The zero-order chi connectivity index (χ0) is 24.8. The third-order valence-corrected chi connectivity index (χ3v) is 6.18. The van der Waals surface area contributed by atoms with E-state index in [4.69, 9.17) is 0 Å². The van der Waals surface area contributed by atoms with Crippen LogP contribution in [0.25, 0.3) is 16.7 Å². The second-order valence-electron chi connectivity index (χ2n) is 8.67. The second-order valence-corrected chi connectivity index (χ2v) is 10.4. The van der Waals surface area contributed by atoms with Crippen LogP contribution in [0.4, 0.5) is 14.5 Å². The average molecular weight is 494 g/mol. The number of nitrogens with one attached hydrogen (secondary N) is 1. The molecule has 0 saturated carbocycles. The number of amides is 1. The van der Waals surface area contributed by atoms with Crippen molar-refractivity contribution in [2.45, 2.75) is 38.5 Å². The number of hydrogen-bond donors (Lipinski definition) is 2. The molecule has 0 unspecified atom stereocenters. The lowest BCUT2D eigenvalue weighted by molar-refractivity contribution is 0.0616. The molecule has 9 nitrogen and oxygen atoms in total. The van der Waals surface area contributed by atoms with Crippen molar-refractivity contribution in [1.29, 1.82) is 0 Å². The Hall–Kier alpha value is -3.12. The lowest BCUT2D eigenvalue weighted by Gasteiger charge is -2.34. The Morgan fingerprint density at radius 2 is 1.94 bits per heavy atom. The molecule has 1 fully saturated rings. The van der Waals surface area contributed by atoms with E-state index in [-0.39, 0.29) is 30.2 Å². The molecule has 1 aliphatic rings. The summed E-state index contributed by atoms with van der Waals surface area (Å²) in [7, 11) is -3.86. The van der Waals surface area contributed by atoms with E-state index in [1.807, 2.05) is 18.6 Å². The first kappa shape index (κ1) is 24.0. The monoisotopic (exact) mass is 493 g/mol. The highest BCUT2D eigenvalue weighted by molar-refractivity contribution is 7.89. The number of rotatable bonds is 5. The Bertz CT molecular complexity index is 1340. The third kappa shape index (κ3) is 4.73. The van der Waals surface area contributed by atoms with Gasteiger partial charge in [-0.3, -0.25) is 4.79 Å². The van der Waals surface area contributed by atoms with Crippen LogP contribution in [-0.4, -0.2) is 65.8 Å². The van der Waals surface area contributed by atoms with Gasteiger partial charge in [0.25, 0.3) is 5.91 Å². The van der Waals surface area contributed by atoms with Crippen LogP contribution in [0.1, 0.15) is 42.4 Å². The summed E-state index contributed by atoms with van der Waals surface area (Å²) in [5.74, 6) is -1.47. The van der Waals surface area contributed by atoms with Crippen molar-refractivity contribution in [1.82, 2.24) is 19.5 Å². The van der Waals surface area contributed by atoms with Crippen molar-refractivity contribution in [3.05, 3.63) is 47.5 Å². The molecular weight excluding hydrogens is 468 g/mol. The first-order chi connectivity index (χ1) is 15.9. The summed E-state index contributed by atoms with van der Waals surface area (Å²) in [6.45, 7) is 4.03. The number of nitrogens with zero attached hydrogens (tertiary/aromatic N) is 4. The Morgan fingerprint density at radius 1 is 1.26 bits per heavy atom. The van der Waals surface area contributed by atoms with Crippen LogP contribution in [0.2, 0.25) is 0 Å². The van der Waals surface area contributed by atoms with Crippen LogP contribution in [0.5, 0.6) is 0 Å². The fourth-order valence-electron chi connectivity index (χ4n) is 3.99. The molecule has 1 amide bonds. The molecule has 0 aliphatic carbocycles. The quantitative estimate of drug-likeness (QED) is 0.560. The Labute approximate surface area is 195 Å². The van der Waals surface area contributed by atoms with Gasteiger partial charge >= 0.3 is 0 Å². The van der Waals surface area contributed by atoms with Gasteiger partial charge in [-0.2, -0.15) is 5.10 Å². The van der Waals surface area contributed by atoms with Gasteiger partial charge in [-0.05, 0) is 42.7 Å². The predicted octanol–water partition coefficient (Wildman–Crippen LogP) is 2.28. The Morgan fingerprint density at radius 3 is 2.53 bits per heavy atom. The summed E-state index contributed by atoms with van der Waals surface area (Å²) in [6.07, 6.45) is -1.56. The molecular formula is C22H25F2N5O4S. The number of sulfonamides is 1. The van der Waals surface area contributed by atoms with Gasteiger partial charge < -0.3 is 10.0 Å². The topological polar surface area (TPSA) is 117 Å². The molecule has 0 radical (unpaired) electrons. The van der Waals surface area contributed by atoms with E-state index in [0.29, 0.717) is 29.0 Å². The number of carbonyl (C=O) groups excluding carboxylic acids is 1. The number of alkyl halides is 1. The van der Waals surface area contributed by atoms with Gasteiger partial charge in [-0.1, -0.05) is 13.8 Å². The summed E-state index contributed by atoms with van der Waals surface area (Å²) < 4.78 is 54.6. The molecule has 3 heterocycles. The zero-order valence-electron chi connectivity index (χ0n) is 18.9. The molecule has 34 heavy (non-hydrogen) atoms.